The Balaban J connectivity index is 4.79. The van der Waals surface area contributed by atoms with Crippen molar-refractivity contribution in [3.63, 3.8) is 0 Å². The lowest BCUT2D eigenvalue weighted by molar-refractivity contribution is 0.355. The molecule has 2 unspecified atom stereocenters. The van der Waals surface area contributed by atoms with Crippen molar-refractivity contribution in [2.45, 2.75) is 0 Å². The molecule has 0 spiro atoms. The molecule has 0 aliphatic carbocycles. The third-order valence-electron chi connectivity index (χ3n) is 0.485. The minimum Gasteiger partial charge on any atom is -0.326 e. The van der Waals surface area contributed by atoms with Crippen LogP contribution in [0.15, 0.2) is 0 Å². The average molecular weight is 226 g/mol. The van der Waals surface area contributed by atoms with Crippen LogP contribution >= 0.6 is 15.1 Å². The topological polar surface area (TPSA) is 138 Å². The second kappa shape index (κ2) is 3.32. The highest BCUT2D eigenvalue weighted by molar-refractivity contribution is 8.46. The van der Waals surface area contributed by atoms with Gasteiger partial charge in [-0.15, -0.1) is 0 Å². The molecule has 0 radical (unpaired) electrons. The second-order valence-electron chi connectivity index (χ2n) is 1.27. The SMILES string of the molecule is O=[PH](O)OP(=O)(O)S(=O)(=O)O. The fraction of sp³-hybridized carbons (Fsp3) is 0. The molecule has 0 aromatic heterocycles. The van der Waals surface area contributed by atoms with Gasteiger partial charge < -0.3 is 9.79 Å². The predicted molar refractivity (Wildman–Crippen MR) is 33.7 cm³/mol. The van der Waals surface area contributed by atoms with E-state index in [0.717, 1.165) is 0 Å². The molecular weight excluding hydrogens is 222 g/mol. The molecule has 68 valence electrons. The highest BCUT2D eigenvalue weighted by Gasteiger charge is 2.38. The minimum atomic E-state index is -5.42. The summed E-state index contributed by atoms with van der Waals surface area (Å²) < 4.78 is 50.7. The van der Waals surface area contributed by atoms with E-state index in [1.807, 2.05) is 0 Å². The third-order valence-corrected chi connectivity index (χ3v) is 5.04. The summed E-state index contributed by atoms with van der Waals surface area (Å²) in [5.41, 5.74) is 0. The first-order valence-corrected chi connectivity index (χ1v) is 6.78. The van der Waals surface area contributed by atoms with Gasteiger partial charge in [0.15, 0.2) is 0 Å². The summed E-state index contributed by atoms with van der Waals surface area (Å²) >= 11 is 0. The fourth-order valence-corrected chi connectivity index (χ4v) is 2.73. The highest BCUT2D eigenvalue weighted by atomic mass is 32.8. The Morgan fingerprint density at radius 3 is 1.91 bits per heavy atom. The van der Waals surface area contributed by atoms with E-state index >= 15 is 0 Å². The molecule has 11 heteroatoms. The van der Waals surface area contributed by atoms with Gasteiger partial charge in [0.1, 0.15) is 0 Å². The summed E-state index contributed by atoms with van der Waals surface area (Å²) in [6.07, 6.45) is 0. The molecule has 0 aliphatic rings. The molecule has 0 saturated heterocycles. The van der Waals surface area contributed by atoms with Gasteiger partial charge in [0.2, 0.25) is 0 Å². The molecule has 8 nitrogen and oxygen atoms in total. The van der Waals surface area contributed by atoms with Crippen LogP contribution in [-0.4, -0.2) is 22.8 Å². The van der Waals surface area contributed by atoms with E-state index < -0.39 is 24.8 Å². The Morgan fingerprint density at radius 2 is 1.82 bits per heavy atom. The summed E-state index contributed by atoms with van der Waals surface area (Å²) in [5.74, 6) is 0. The van der Waals surface area contributed by atoms with Crippen LogP contribution in [0, 0.1) is 0 Å². The van der Waals surface area contributed by atoms with E-state index in [2.05, 4.69) is 4.31 Å². The number of hydrogen-bond acceptors (Lipinski definition) is 5. The lowest BCUT2D eigenvalue weighted by Gasteiger charge is -2.03. The van der Waals surface area contributed by atoms with Gasteiger partial charge in [-0.1, -0.05) is 0 Å². The van der Waals surface area contributed by atoms with Crippen molar-refractivity contribution in [3.05, 3.63) is 0 Å². The Morgan fingerprint density at radius 1 is 1.45 bits per heavy atom. The lowest BCUT2D eigenvalue weighted by atomic mass is 15.8. The van der Waals surface area contributed by atoms with Gasteiger partial charge in [0, 0.05) is 0 Å². The number of hydrogen-bond donors (Lipinski definition) is 3. The maximum atomic E-state index is 10.2. The van der Waals surface area contributed by atoms with Crippen molar-refractivity contribution in [3.8, 4) is 0 Å². The molecule has 0 rings (SSSR count). The number of rotatable bonds is 3. The molecule has 0 bridgehead atoms. The molecular formula is H4O8P2S. The Labute approximate surface area is 61.8 Å². The predicted octanol–water partition coefficient (Wildman–Crippen LogP) is -0.627. The molecule has 0 aromatic carbocycles. The summed E-state index contributed by atoms with van der Waals surface area (Å²) in [4.78, 5) is 16.0. The van der Waals surface area contributed by atoms with Crippen LogP contribution in [0.4, 0.5) is 0 Å². The molecule has 0 saturated carbocycles. The van der Waals surface area contributed by atoms with Crippen molar-refractivity contribution in [1.29, 1.82) is 0 Å². The molecule has 0 fully saturated rings. The average Bonchev–Trinajstić information content (AvgIpc) is 1.56. The largest absolute Gasteiger partial charge is 0.476 e. The van der Waals surface area contributed by atoms with Crippen molar-refractivity contribution >= 4 is 24.8 Å². The Bertz CT molecular complexity index is 296. The summed E-state index contributed by atoms with van der Waals surface area (Å²) in [6, 6.07) is 0. The van der Waals surface area contributed by atoms with Crippen LogP contribution in [0.25, 0.3) is 0 Å². The quantitative estimate of drug-likeness (QED) is 0.427. The van der Waals surface area contributed by atoms with Crippen LogP contribution in [0.5, 0.6) is 0 Å². The van der Waals surface area contributed by atoms with E-state index in [9.17, 15) is 17.5 Å². The second-order valence-corrected chi connectivity index (χ2v) is 7.14. The normalized spacial score (nSPS) is 20.6. The van der Waals surface area contributed by atoms with Crippen molar-refractivity contribution < 1.29 is 36.2 Å². The van der Waals surface area contributed by atoms with Gasteiger partial charge in [-0.25, -0.2) is 8.88 Å². The fourth-order valence-electron chi connectivity index (χ4n) is 0.146. The summed E-state index contributed by atoms with van der Waals surface area (Å²) in [7, 11) is -9.22. The molecule has 0 heterocycles. The van der Waals surface area contributed by atoms with Crippen LogP contribution in [0.3, 0.4) is 0 Å². The zero-order chi connectivity index (χ0) is 9.28. The van der Waals surface area contributed by atoms with Gasteiger partial charge in [0.05, 0.1) is 0 Å². The zero-order valence-corrected chi connectivity index (χ0v) is 7.45. The Kier molecular flexibility index (Phi) is 3.40. The van der Waals surface area contributed by atoms with E-state index in [0.29, 0.717) is 0 Å². The maximum Gasteiger partial charge on any atom is 0.476 e. The van der Waals surface area contributed by atoms with Gasteiger partial charge in [0.25, 0.3) is 0 Å². The van der Waals surface area contributed by atoms with Crippen molar-refractivity contribution in [1.82, 2.24) is 0 Å². The van der Waals surface area contributed by atoms with Gasteiger partial charge >= 0.3 is 24.8 Å². The Hall–Kier alpha value is 0.250. The van der Waals surface area contributed by atoms with Crippen molar-refractivity contribution in [2.24, 2.45) is 0 Å². The van der Waals surface area contributed by atoms with E-state index in [4.69, 9.17) is 14.3 Å². The van der Waals surface area contributed by atoms with Crippen LogP contribution in [0.1, 0.15) is 0 Å². The molecule has 2 atom stereocenters. The summed E-state index contributed by atoms with van der Waals surface area (Å²) in [5, 5.41) is 0. The van der Waals surface area contributed by atoms with Crippen LogP contribution < -0.4 is 0 Å². The first kappa shape index (κ1) is 11.2. The first-order valence-electron chi connectivity index (χ1n) is 1.90. The highest BCUT2D eigenvalue weighted by Crippen LogP contribution is 2.54. The summed E-state index contributed by atoms with van der Waals surface area (Å²) in [6.45, 7) is -5.42. The van der Waals surface area contributed by atoms with E-state index in [1.54, 1.807) is 0 Å². The van der Waals surface area contributed by atoms with Crippen molar-refractivity contribution in [2.75, 3.05) is 0 Å². The standard InChI is InChI=1S/H4O8P2S/c1-9(2)8-10(3,4)11(5,6)7/h9H,(H,1,2)(H,3,4)(H,5,6,7). The third kappa shape index (κ3) is 3.44. The van der Waals surface area contributed by atoms with Gasteiger partial charge in [-0.3, -0.25) is 9.12 Å². The van der Waals surface area contributed by atoms with Gasteiger partial charge in [-0.05, 0) is 0 Å². The lowest BCUT2D eigenvalue weighted by Crippen LogP contribution is -1.98. The van der Waals surface area contributed by atoms with Gasteiger partial charge in [-0.2, -0.15) is 8.42 Å². The van der Waals surface area contributed by atoms with E-state index in [-0.39, 0.29) is 0 Å². The zero-order valence-electron chi connectivity index (χ0n) is 4.74. The molecule has 0 aromatic rings. The maximum absolute atomic E-state index is 10.2. The molecule has 0 amide bonds. The monoisotopic (exact) mass is 226 g/mol. The molecule has 11 heavy (non-hydrogen) atoms. The molecule has 3 N–H and O–H groups in total. The van der Waals surface area contributed by atoms with Crippen LogP contribution in [0.2, 0.25) is 0 Å². The first-order chi connectivity index (χ1) is 4.67. The smallest absolute Gasteiger partial charge is 0.326 e. The molecule has 0 aliphatic heterocycles. The van der Waals surface area contributed by atoms with E-state index in [1.165, 1.54) is 0 Å². The minimum absolute atomic E-state index is 3.18. The van der Waals surface area contributed by atoms with Crippen LogP contribution in [-0.2, 0) is 23.2 Å².